The van der Waals surface area contributed by atoms with Gasteiger partial charge in [0, 0.05) is 19.8 Å². The highest BCUT2D eigenvalue weighted by atomic mass is 16.7. The Labute approximate surface area is 374 Å². The predicted molar refractivity (Wildman–Crippen MR) is 234 cm³/mol. The van der Waals surface area contributed by atoms with Crippen molar-refractivity contribution < 1.29 is 67.8 Å². The van der Waals surface area contributed by atoms with Gasteiger partial charge < -0.3 is 56.0 Å². The minimum absolute atomic E-state index is 0.131. The summed E-state index contributed by atoms with van der Waals surface area (Å²) in [4.78, 5) is 85.9. The molecule has 4 amide bonds. The quantitative estimate of drug-likeness (QED) is 0.0344. The third-order valence-corrected chi connectivity index (χ3v) is 11.1. The lowest BCUT2D eigenvalue weighted by molar-refractivity contribution is -0.268. The first-order chi connectivity index (χ1) is 29.8. The van der Waals surface area contributed by atoms with Crippen LogP contribution in [0.25, 0.3) is 0 Å². The molecule has 0 spiro atoms. The van der Waals surface area contributed by atoms with E-state index in [9.17, 15) is 43.8 Å². The smallest absolute Gasteiger partial charge is 0.350 e. The van der Waals surface area contributed by atoms with Gasteiger partial charge in [-0.3, -0.25) is 28.8 Å². The van der Waals surface area contributed by atoms with Gasteiger partial charge in [0.1, 0.15) is 49.1 Å². The van der Waals surface area contributed by atoms with Crippen molar-refractivity contribution >= 4 is 41.5 Å². The number of amides is 4. The standard InChI is InChI=1S/C45H80N4O14/c1-7-8-9-10-11-12-13-14-15-16-17-18-19-20-21-22-23-24-25-26-36(53)63-45(5,6)44(59)60-29-34-38(54)39(37(43(58)62-34)48-32(4)50)61-31(3)42(57)47-30(2)41(56)49-33(40(46)55)27-28-35(51)52/h30-31,33-34,37-39,43,54,58H,7-29H2,1-6H3,(H2,46,55)(H,47,57)(H,48,50)(H,49,56)(H,51,52)/t30-,31+,33?,34?,37?,38?,39?,43?/m0/s1. The SMILES string of the molecule is CCCCCCCCCCCCCCCCCCCCCC(=O)OC(C)(C)C(=O)OCC1OC(O)C(NC(C)=O)C(O[C@H](C)C(=O)N[C@@H](C)C(=O)NC(CCC(=O)O)C(N)=O)C1O. The summed E-state index contributed by atoms with van der Waals surface area (Å²) < 4.78 is 22.0. The molecule has 18 heteroatoms. The van der Waals surface area contributed by atoms with Gasteiger partial charge in [0.15, 0.2) is 6.29 Å². The highest BCUT2D eigenvalue weighted by Crippen LogP contribution is 2.25. The summed E-state index contributed by atoms with van der Waals surface area (Å²) in [5, 5.41) is 38.0. The Morgan fingerprint density at radius 1 is 0.730 bits per heavy atom. The summed E-state index contributed by atoms with van der Waals surface area (Å²) in [6.45, 7) is 8.04. The number of primary amides is 1. The number of nitrogens with one attached hydrogen (secondary N) is 3. The lowest BCUT2D eigenvalue weighted by atomic mass is 9.96. The van der Waals surface area contributed by atoms with Gasteiger partial charge in [0.2, 0.25) is 29.2 Å². The molecule has 0 aromatic rings. The Hall–Kier alpha value is -3.87. The van der Waals surface area contributed by atoms with Crippen molar-refractivity contribution in [3.05, 3.63) is 0 Å². The number of esters is 2. The average Bonchev–Trinajstić information content (AvgIpc) is 3.21. The van der Waals surface area contributed by atoms with Crippen LogP contribution in [0, 0.1) is 0 Å². The Bertz CT molecular complexity index is 1400. The molecule has 8 N–H and O–H groups in total. The van der Waals surface area contributed by atoms with Crippen LogP contribution in [-0.2, 0) is 52.5 Å². The lowest BCUT2D eigenvalue weighted by Crippen LogP contribution is -2.66. The maximum atomic E-state index is 13.0. The van der Waals surface area contributed by atoms with Gasteiger partial charge in [-0.1, -0.05) is 122 Å². The van der Waals surface area contributed by atoms with Crippen LogP contribution in [0.1, 0.15) is 183 Å². The van der Waals surface area contributed by atoms with Crippen LogP contribution in [0.5, 0.6) is 0 Å². The van der Waals surface area contributed by atoms with Gasteiger partial charge in [-0.25, -0.2) is 4.79 Å². The maximum Gasteiger partial charge on any atom is 0.350 e. The minimum Gasteiger partial charge on any atom is -0.481 e. The molecule has 6 unspecified atom stereocenters. The van der Waals surface area contributed by atoms with Crippen molar-refractivity contribution in [2.45, 2.75) is 237 Å². The Morgan fingerprint density at radius 3 is 1.68 bits per heavy atom. The van der Waals surface area contributed by atoms with Crippen LogP contribution < -0.4 is 21.7 Å². The molecule has 1 heterocycles. The molecule has 8 atom stereocenters. The fourth-order valence-corrected chi connectivity index (χ4v) is 7.22. The number of rotatable bonds is 35. The lowest BCUT2D eigenvalue weighted by Gasteiger charge is -2.43. The van der Waals surface area contributed by atoms with Crippen LogP contribution in [0.15, 0.2) is 0 Å². The molecule has 1 fully saturated rings. The van der Waals surface area contributed by atoms with Crippen LogP contribution >= 0.6 is 0 Å². The number of aliphatic carboxylic acids is 1. The van der Waals surface area contributed by atoms with Crippen LogP contribution in [0.4, 0.5) is 0 Å². The van der Waals surface area contributed by atoms with Gasteiger partial charge in [-0.05, 0) is 40.5 Å². The van der Waals surface area contributed by atoms with Gasteiger partial charge in [0.05, 0.1) is 0 Å². The first-order valence-corrected chi connectivity index (χ1v) is 23.3. The van der Waals surface area contributed by atoms with E-state index in [1.165, 1.54) is 124 Å². The van der Waals surface area contributed by atoms with E-state index in [0.29, 0.717) is 6.42 Å². The van der Waals surface area contributed by atoms with E-state index in [0.717, 1.165) is 26.2 Å². The zero-order valence-electron chi connectivity index (χ0n) is 38.8. The highest BCUT2D eigenvalue weighted by molar-refractivity contribution is 5.92. The number of ether oxygens (including phenoxy) is 4. The molecule has 0 aromatic carbocycles. The van der Waals surface area contributed by atoms with Crippen molar-refractivity contribution in [2.24, 2.45) is 5.73 Å². The van der Waals surface area contributed by atoms with Gasteiger partial charge >= 0.3 is 17.9 Å². The number of unbranched alkanes of at least 4 members (excludes halogenated alkanes) is 18. The third-order valence-electron chi connectivity index (χ3n) is 11.1. The molecule has 0 aliphatic carbocycles. The summed E-state index contributed by atoms with van der Waals surface area (Å²) in [5.74, 6) is -6.05. The zero-order valence-corrected chi connectivity index (χ0v) is 38.8. The fraction of sp³-hybridized carbons (Fsp3) is 0.844. The fourth-order valence-electron chi connectivity index (χ4n) is 7.22. The van der Waals surface area contributed by atoms with Gasteiger partial charge in [0.25, 0.3) is 0 Å². The number of aliphatic hydroxyl groups is 2. The number of carbonyl (C=O) groups is 7. The number of carboxylic acids is 1. The summed E-state index contributed by atoms with van der Waals surface area (Å²) in [6, 6.07) is -3.96. The van der Waals surface area contributed by atoms with E-state index >= 15 is 0 Å². The molecule has 364 valence electrons. The largest absolute Gasteiger partial charge is 0.481 e. The number of carbonyl (C=O) groups excluding carboxylic acids is 6. The third kappa shape index (κ3) is 24.7. The molecular weight excluding hydrogens is 821 g/mol. The van der Waals surface area contributed by atoms with Crippen molar-refractivity contribution in [1.82, 2.24) is 16.0 Å². The minimum atomic E-state index is -1.80. The Kier molecular flexibility index (Phi) is 28.9. The molecule has 1 rings (SSSR count). The molecule has 0 radical (unpaired) electrons. The number of hydrogen-bond acceptors (Lipinski definition) is 13. The Balaban J connectivity index is 2.51. The molecular formula is C45H80N4O14. The monoisotopic (exact) mass is 901 g/mol. The molecule has 63 heavy (non-hydrogen) atoms. The summed E-state index contributed by atoms with van der Waals surface area (Å²) in [7, 11) is 0. The van der Waals surface area contributed by atoms with Crippen LogP contribution in [0.3, 0.4) is 0 Å². The number of aliphatic hydroxyl groups excluding tert-OH is 2. The topological polar surface area (TPSA) is 279 Å². The van der Waals surface area contributed by atoms with Gasteiger partial charge in [-0.2, -0.15) is 0 Å². The van der Waals surface area contributed by atoms with Crippen molar-refractivity contribution in [3.8, 4) is 0 Å². The zero-order chi connectivity index (χ0) is 47.4. The molecule has 0 aromatic heterocycles. The molecule has 0 saturated carbocycles. The second-order valence-corrected chi connectivity index (χ2v) is 17.3. The molecule has 1 aliphatic rings. The normalized spacial score (nSPS) is 20.2. The van der Waals surface area contributed by atoms with E-state index in [-0.39, 0.29) is 12.8 Å². The maximum absolute atomic E-state index is 13.0. The Morgan fingerprint density at radius 2 is 1.22 bits per heavy atom. The second-order valence-electron chi connectivity index (χ2n) is 17.3. The van der Waals surface area contributed by atoms with E-state index in [2.05, 4.69) is 22.9 Å². The first kappa shape index (κ1) is 57.1. The van der Waals surface area contributed by atoms with Crippen molar-refractivity contribution in [1.29, 1.82) is 0 Å². The first-order valence-electron chi connectivity index (χ1n) is 23.3. The average molecular weight is 901 g/mol. The van der Waals surface area contributed by atoms with Crippen LogP contribution in [-0.4, -0.2) is 118 Å². The number of hydrogen-bond donors (Lipinski definition) is 7. The molecule has 1 aliphatic heterocycles. The van der Waals surface area contributed by atoms with Crippen molar-refractivity contribution in [2.75, 3.05) is 6.61 Å². The van der Waals surface area contributed by atoms with E-state index in [1.807, 2.05) is 0 Å². The number of nitrogens with two attached hydrogens (primary N) is 1. The molecule has 0 bridgehead atoms. The molecule has 1 saturated heterocycles. The van der Waals surface area contributed by atoms with Gasteiger partial charge in [-0.15, -0.1) is 0 Å². The van der Waals surface area contributed by atoms with Crippen LogP contribution in [0.2, 0.25) is 0 Å². The summed E-state index contributed by atoms with van der Waals surface area (Å²) in [6.07, 6.45) is 15.1. The second kappa shape index (κ2) is 31.9. The van der Waals surface area contributed by atoms with E-state index in [4.69, 9.17) is 29.8 Å². The van der Waals surface area contributed by atoms with Crippen molar-refractivity contribution in [3.63, 3.8) is 0 Å². The van der Waals surface area contributed by atoms with E-state index in [1.54, 1.807) is 0 Å². The highest BCUT2D eigenvalue weighted by Gasteiger charge is 2.48. The van der Waals surface area contributed by atoms with E-state index < -0.39 is 109 Å². The summed E-state index contributed by atoms with van der Waals surface area (Å²) >= 11 is 0. The summed E-state index contributed by atoms with van der Waals surface area (Å²) in [5.41, 5.74) is 3.57. The number of carboxylic acid groups (broad SMARTS) is 1. The molecule has 18 nitrogen and oxygen atoms in total. The predicted octanol–water partition coefficient (Wildman–Crippen LogP) is 4.37.